The predicted octanol–water partition coefficient (Wildman–Crippen LogP) is 2.14. The number of nitrogens with zero attached hydrogens (tertiary/aromatic N) is 2. The van der Waals surface area contributed by atoms with Crippen LogP contribution in [0.15, 0.2) is 34.6 Å². The molecule has 1 aromatic rings. The van der Waals surface area contributed by atoms with Crippen molar-refractivity contribution in [3.8, 4) is 0 Å². The van der Waals surface area contributed by atoms with Crippen molar-refractivity contribution in [2.45, 2.75) is 5.88 Å². The van der Waals surface area contributed by atoms with Gasteiger partial charge < -0.3 is 14.4 Å². The molecule has 0 bridgehead atoms. The summed E-state index contributed by atoms with van der Waals surface area (Å²) in [4.78, 5) is 9.84. The zero-order valence-corrected chi connectivity index (χ0v) is 10.7. The monoisotopic (exact) mass is 268 g/mol. The van der Waals surface area contributed by atoms with Crippen LogP contribution in [0.3, 0.4) is 0 Å². The molecular formula is C12H13ClN2O3. The fraction of sp³-hybridized carbons (Fsp3) is 0.333. The van der Waals surface area contributed by atoms with Crippen LogP contribution in [0.2, 0.25) is 0 Å². The molecule has 0 radical (unpaired) electrons. The normalized spacial score (nSPS) is 15.4. The first-order valence-corrected chi connectivity index (χ1v) is 5.98. The summed E-state index contributed by atoms with van der Waals surface area (Å²) in [5, 5.41) is 7.79. The second kappa shape index (κ2) is 6.26. The maximum Gasteiger partial charge on any atom is 0.280 e. The highest BCUT2D eigenvalue weighted by Gasteiger charge is 2.20. The highest BCUT2D eigenvalue weighted by molar-refractivity contribution is 6.45. The Balaban J connectivity index is 2.41. The highest BCUT2D eigenvalue weighted by atomic mass is 35.5. The second-order valence-corrected chi connectivity index (χ2v) is 3.76. The number of oxime groups is 2. The quantitative estimate of drug-likeness (QED) is 0.478. The molecule has 1 aliphatic rings. The summed E-state index contributed by atoms with van der Waals surface area (Å²) in [6, 6.07) is 7.60. The van der Waals surface area contributed by atoms with E-state index in [0.717, 1.165) is 11.1 Å². The fourth-order valence-electron chi connectivity index (χ4n) is 1.58. The number of alkyl halides is 1. The van der Waals surface area contributed by atoms with Crippen molar-refractivity contribution < 1.29 is 14.4 Å². The molecule has 6 heteroatoms. The van der Waals surface area contributed by atoms with Crippen LogP contribution in [0.4, 0.5) is 0 Å². The Morgan fingerprint density at radius 2 is 2.28 bits per heavy atom. The van der Waals surface area contributed by atoms with E-state index in [1.165, 1.54) is 7.11 Å². The molecule has 0 amide bonds. The summed E-state index contributed by atoms with van der Waals surface area (Å²) < 4.78 is 5.42. The van der Waals surface area contributed by atoms with Crippen molar-refractivity contribution in [2.75, 3.05) is 20.3 Å². The van der Waals surface area contributed by atoms with Gasteiger partial charge in [-0.05, 0) is 10.7 Å². The lowest BCUT2D eigenvalue weighted by Gasteiger charge is -2.16. The lowest BCUT2D eigenvalue weighted by atomic mass is 10.0. The van der Waals surface area contributed by atoms with Crippen molar-refractivity contribution >= 4 is 23.2 Å². The molecule has 2 rings (SSSR count). The van der Waals surface area contributed by atoms with Gasteiger partial charge in [0.1, 0.15) is 13.7 Å². The lowest BCUT2D eigenvalue weighted by Crippen LogP contribution is -2.26. The molecule has 0 saturated heterocycles. The first-order valence-electron chi connectivity index (χ1n) is 5.45. The third-order valence-electron chi connectivity index (χ3n) is 2.36. The van der Waals surface area contributed by atoms with E-state index < -0.39 is 0 Å². The fourth-order valence-corrected chi connectivity index (χ4v) is 1.81. The van der Waals surface area contributed by atoms with Gasteiger partial charge >= 0.3 is 0 Å². The maximum absolute atomic E-state index is 5.91. The minimum Gasteiger partial charge on any atom is -0.470 e. The van der Waals surface area contributed by atoms with Crippen LogP contribution in [0.5, 0.6) is 0 Å². The zero-order valence-electron chi connectivity index (χ0n) is 9.93. The topological polar surface area (TPSA) is 52.4 Å². The molecule has 1 aromatic carbocycles. The van der Waals surface area contributed by atoms with Crippen molar-refractivity contribution in [1.82, 2.24) is 0 Å². The molecule has 0 fully saturated rings. The van der Waals surface area contributed by atoms with Gasteiger partial charge in [-0.15, -0.1) is 11.6 Å². The van der Waals surface area contributed by atoms with E-state index >= 15 is 0 Å². The van der Waals surface area contributed by atoms with Crippen molar-refractivity contribution in [1.29, 1.82) is 0 Å². The minimum atomic E-state index is 0.306. The van der Waals surface area contributed by atoms with Crippen molar-refractivity contribution in [2.24, 2.45) is 10.3 Å². The Morgan fingerprint density at radius 3 is 2.94 bits per heavy atom. The van der Waals surface area contributed by atoms with Crippen LogP contribution in [0, 0.1) is 0 Å². The van der Waals surface area contributed by atoms with E-state index in [4.69, 9.17) is 26.0 Å². The number of hydrogen-bond donors (Lipinski definition) is 0. The van der Waals surface area contributed by atoms with E-state index in [2.05, 4.69) is 10.3 Å². The van der Waals surface area contributed by atoms with Crippen LogP contribution in [0.1, 0.15) is 11.1 Å². The van der Waals surface area contributed by atoms with Crippen LogP contribution in [0.25, 0.3) is 0 Å². The van der Waals surface area contributed by atoms with Gasteiger partial charge in [-0.1, -0.05) is 29.4 Å². The molecule has 1 aliphatic heterocycles. The van der Waals surface area contributed by atoms with E-state index in [1.54, 1.807) is 0 Å². The number of rotatable bonds is 4. The maximum atomic E-state index is 5.91. The van der Waals surface area contributed by atoms with Crippen LogP contribution in [-0.4, -0.2) is 31.9 Å². The number of hydrogen-bond acceptors (Lipinski definition) is 5. The van der Waals surface area contributed by atoms with Crippen LogP contribution in [-0.2, 0) is 20.3 Å². The molecule has 0 N–H and O–H groups in total. The largest absolute Gasteiger partial charge is 0.470 e. The molecule has 18 heavy (non-hydrogen) atoms. The Kier molecular flexibility index (Phi) is 4.41. The molecule has 0 aliphatic carbocycles. The molecule has 0 saturated carbocycles. The van der Waals surface area contributed by atoms with E-state index in [-0.39, 0.29) is 0 Å². The van der Waals surface area contributed by atoms with E-state index in [9.17, 15) is 0 Å². The summed E-state index contributed by atoms with van der Waals surface area (Å²) in [5.41, 5.74) is 2.22. The number of benzene rings is 1. The van der Waals surface area contributed by atoms with Crippen molar-refractivity contribution in [3.05, 3.63) is 35.4 Å². The first kappa shape index (κ1) is 12.7. The van der Waals surface area contributed by atoms with Crippen molar-refractivity contribution in [3.63, 3.8) is 0 Å². The SMILES string of the molecule is CO/N=C(\C1=NOCCO1)c1ccccc1CCl. The summed E-state index contributed by atoms with van der Waals surface area (Å²) in [7, 11) is 1.47. The van der Waals surface area contributed by atoms with E-state index in [0.29, 0.717) is 30.7 Å². The third kappa shape index (κ3) is 2.73. The number of halogens is 1. The third-order valence-corrected chi connectivity index (χ3v) is 2.65. The first-order chi connectivity index (χ1) is 8.86. The van der Waals surface area contributed by atoms with Crippen LogP contribution < -0.4 is 0 Å². The van der Waals surface area contributed by atoms with Gasteiger partial charge in [0.2, 0.25) is 0 Å². The Morgan fingerprint density at radius 1 is 1.44 bits per heavy atom. The molecule has 0 spiro atoms. The van der Waals surface area contributed by atoms with Gasteiger partial charge in [-0.2, -0.15) is 0 Å². The Bertz CT molecular complexity index is 474. The van der Waals surface area contributed by atoms with Crippen LogP contribution >= 0.6 is 11.6 Å². The smallest absolute Gasteiger partial charge is 0.280 e. The van der Waals surface area contributed by atoms with E-state index in [1.807, 2.05) is 24.3 Å². The van der Waals surface area contributed by atoms with Gasteiger partial charge in [0.05, 0.1) is 0 Å². The highest BCUT2D eigenvalue weighted by Crippen LogP contribution is 2.15. The molecular weight excluding hydrogens is 256 g/mol. The second-order valence-electron chi connectivity index (χ2n) is 3.49. The van der Waals surface area contributed by atoms with Gasteiger partial charge in [0.25, 0.3) is 5.90 Å². The average molecular weight is 269 g/mol. The van der Waals surface area contributed by atoms with Gasteiger partial charge in [-0.25, -0.2) is 0 Å². The van der Waals surface area contributed by atoms with Gasteiger partial charge in [0.15, 0.2) is 12.3 Å². The zero-order chi connectivity index (χ0) is 12.8. The van der Waals surface area contributed by atoms with Gasteiger partial charge in [-0.3, -0.25) is 0 Å². The molecule has 0 unspecified atom stereocenters. The Labute approximate surface area is 110 Å². The Hall–Kier alpha value is -1.75. The molecule has 96 valence electrons. The standard InChI is InChI=1S/C12H13ClN2O3/c1-16-14-11(12-15-18-7-6-17-12)10-5-3-2-4-9(10)8-13/h2-5H,6-8H2,1H3/b14-11-. The average Bonchev–Trinajstić information content (AvgIpc) is 2.46. The molecule has 1 heterocycles. The molecule has 5 nitrogen and oxygen atoms in total. The molecule has 0 aromatic heterocycles. The molecule has 0 atom stereocenters. The summed E-state index contributed by atoms with van der Waals surface area (Å²) in [6.07, 6.45) is 0. The summed E-state index contributed by atoms with van der Waals surface area (Å²) >= 11 is 5.91. The number of ether oxygens (including phenoxy) is 1. The summed E-state index contributed by atoms with van der Waals surface area (Å²) in [6.45, 7) is 0.867. The lowest BCUT2D eigenvalue weighted by molar-refractivity contribution is 0.0672. The minimum absolute atomic E-state index is 0.306. The van der Waals surface area contributed by atoms with Gasteiger partial charge in [0, 0.05) is 11.4 Å². The summed E-state index contributed by atoms with van der Waals surface area (Å²) in [5.74, 6) is 0.674. The predicted molar refractivity (Wildman–Crippen MR) is 68.9 cm³/mol.